The third-order valence-electron chi connectivity index (χ3n) is 1.53. The van der Waals surface area contributed by atoms with Gasteiger partial charge >= 0.3 is 0 Å². The maximum Gasteiger partial charge on any atom is 0.272 e. The van der Waals surface area contributed by atoms with Gasteiger partial charge in [0.15, 0.2) is 5.69 Å². The minimum absolute atomic E-state index is 0.0424. The van der Waals surface area contributed by atoms with Gasteiger partial charge in [0, 0.05) is 18.0 Å². The molecule has 0 aromatic carbocycles. The highest BCUT2D eigenvalue weighted by Crippen LogP contribution is 1.98. The van der Waals surface area contributed by atoms with Crippen molar-refractivity contribution in [2.45, 2.75) is 19.4 Å². The summed E-state index contributed by atoms with van der Waals surface area (Å²) in [5.41, 5.74) is 0.329. The highest BCUT2D eigenvalue weighted by atomic mass is 32.1. The van der Waals surface area contributed by atoms with E-state index in [1.54, 1.807) is 5.38 Å². The van der Waals surface area contributed by atoms with Gasteiger partial charge in [0.1, 0.15) is 0 Å². The Balaban J connectivity index is 2.42. The molecule has 0 bridgehead atoms. The number of aliphatic hydroxyl groups is 1. The first-order chi connectivity index (χ1) is 6.24. The van der Waals surface area contributed by atoms with Crippen LogP contribution in [0.2, 0.25) is 0 Å². The van der Waals surface area contributed by atoms with E-state index in [2.05, 4.69) is 14.9 Å². The molecule has 0 aliphatic heterocycles. The average Bonchev–Trinajstić information content (AvgIpc) is 2.55. The van der Waals surface area contributed by atoms with Gasteiger partial charge in [0.2, 0.25) is 0 Å². The minimum atomic E-state index is -0.241. The van der Waals surface area contributed by atoms with Crippen LogP contribution in [-0.2, 0) is 0 Å². The minimum Gasteiger partial charge on any atom is -0.396 e. The maximum absolute atomic E-state index is 11.3. The molecule has 0 spiro atoms. The first kappa shape index (κ1) is 10.1. The van der Waals surface area contributed by atoms with E-state index in [0.29, 0.717) is 12.1 Å². The molecule has 1 aromatic heterocycles. The van der Waals surface area contributed by atoms with Crippen LogP contribution >= 0.6 is 11.5 Å². The van der Waals surface area contributed by atoms with Gasteiger partial charge in [0.25, 0.3) is 5.91 Å². The van der Waals surface area contributed by atoms with Crippen LogP contribution in [0.15, 0.2) is 5.38 Å². The van der Waals surface area contributed by atoms with Gasteiger partial charge in [-0.3, -0.25) is 4.79 Å². The van der Waals surface area contributed by atoms with Crippen molar-refractivity contribution in [1.82, 2.24) is 14.9 Å². The van der Waals surface area contributed by atoms with Gasteiger partial charge in [-0.05, 0) is 24.9 Å². The molecule has 0 aliphatic carbocycles. The van der Waals surface area contributed by atoms with E-state index in [4.69, 9.17) is 5.11 Å². The van der Waals surface area contributed by atoms with Gasteiger partial charge in [-0.15, -0.1) is 5.10 Å². The van der Waals surface area contributed by atoms with Crippen LogP contribution in [0.1, 0.15) is 23.8 Å². The fourth-order valence-corrected chi connectivity index (χ4v) is 1.26. The standard InChI is InChI=1S/C7H11N3O2S/c1-5(2-3-11)8-7(12)6-4-13-10-9-6/h4-5,11H,2-3H2,1H3,(H,8,12). The van der Waals surface area contributed by atoms with E-state index in [1.807, 2.05) is 6.92 Å². The number of hydrogen-bond donors (Lipinski definition) is 2. The molecule has 0 saturated carbocycles. The lowest BCUT2D eigenvalue weighted by atomic mass is 10.2. The van der Waals surface area contributed by atoms with Crippen LogP contribution in [0.4, 0.5) is 0 Å². The quantitative estimate of drug-likeness (QED) is 0.721. The Morgan fingerprint density at radius 3 is 3.15 bits per heavy atom. The highest BCUT2D eigenvalue weighted by Gasteiger charge is 2.11. The number of aliphatic hydroxyl groups excluding tert-OH is 1. The second-order valence-electron chi connectivity index (χ2n) is 2.68. The number of hydrogen-bond acceptors (Lipinski definition) is 5. The molecule has 5 nitrogen and oxygen atoms in total. The van der Waals surface area contributed by atoms with Gasteiger partial charge in [-0.2, -0.15) is 0 Å². The number of carbonyl (C=O) groups excluding carboxylic acids is 1. The normalized spacial score (nSPS) is 12.5. The molecule has 1 amide bonds. The van der Waals surface area contributed by atoms with E-state index in [9.17, 15) is 4.79 Å². The average molecular weight is 201 g/mol. The number of nitrogens with one attached hydrogen (secondary N) is 1. The number of rotatable bonds is 4. The second kappa shape index (κ2) is 4.88. The maximum atomic E-state index is 11.3. The van der Waals surface area contributed by atoms with E-state index >= 15 is 0 Å². The third kappa shape index (κ3) is 3.08. The number of nitrogens with zero attached hydrogens (tertiary/aromatic N) is 2. The number of carbonyl (C=O) groups is 1. The zero-order valence-electron chi connectivity index (χ0n) is 7.23. The van der Waals surface area contributed by atoms with E-state index in [0.717, 1.165) is 11.5 Å². The van der Waals surface area contributed by atoms with Crippen LogP contribution in [0, 0.1) is 0 Å². The van der Waals surface area contributed by atoms with Crippen molar-refractivity contribution in [2.75, 3.05) is 6.61 Å². The molecule has 0 aliphatic rings. The summed E-state index contributed by atoms with van der Waals surface area (Å²) in [4.78, 5) is 11.3. The molecular weight excluding hydrogens is 190 g/mol. The van der Waals surface area contributed by atoms with Crippen LogP contribution in [0.25, 0.3) is 0 Å². The van der Waals surface area contributed by atoms with E-state index < -0.39 is 0 Å². The van der Waals surface area contributed by atoms with Crippen LogP contribution in [-0.4, -0.2) is 33.2 Å². The number of amides is 1. The van der Waals surface area contributed by atoms with Crippen molar-refractivity contribution >= 4 is 17.4 Å². The van der Waals surface area contributed by atoms with Crippen molar-refractivity contribution < 1.29 is 9.90 Å². The van der Waals surface area contributed by atoms with Crippen LogP contribution in [0.3, 0.4) is 0 Å². The molecule has 0 saturated heterocycles. The summed E-state index contributed by atoms with van der Waals surface area (Å²) in [5, 5.41) is 16.5. The van der Waals surface area contributed by atoms with Gasteiger partial charge < -0.3 is 10.4 Å². The van der Waals surface area contributed by atoms with Crippen molar-refractivity contribution in [2.24, 2.45) is 0 Å². The summed E-state index contributed by atoms with van der Waals surface area (Å²) in [6.45, 7) is 1.89. The molecule has 6 heteroatoms. The molecule has 2 N–H and O–H groups in total. The Kier molecular flexibility index (Phi) is 3.78. The molecule has 13 heavy (non-hydrogen) atoms. The van der Waals surface area contributed by atoms with Crippen molar-refractivity contribution in [3.8, 4) is 0 Å². The lowest BCUT2D eigenvalue weighted by Crippen LogP contribution is -2.33. The monoisotopic (exact) mass is 201 g/mol. The molecule has 1 heterocycles. The zero-order valence-corrected chi connectivity index (χ0v) is 8.04. The topological polar surface area (TPSA) is 75.1 Å². The molecule has 1 atom stereocenters. The fourth-order valence-electron chi connectivity index (χ4n) is 0.827. The first-order valence-corrected chi connectivity index (χ1v) is 4.76. The predicted octanol–water partition coefficient (Wildman–Crippen LogP) is 0.0388. The molecule has 1 aromatic rings. The van der Waals surface area contributed by atoms with Crippen molar-refractivity contribution in [1.29, 1.82) is 0 Å². The lowest BCUT2D eigenvalue weighted by molar-refractivity contribution is 0.0929. The highest BCUT2D eigenvalue weighted by molar-refractivity contribution is 7.03. The predicted molar refractivity (Wildman–Crippen MR) is 48.5 cm³/mol. The van der Waals surface area contributed by atoms with Gasteiger partial charge in [-0.1, -0.05) is 4.49 Å². The molecule has 1 unspecified atom stereocenters. The van der Waals surface area contributed by atoms with Crippen LogP contribution < -0.4 is 5.32 Å². The lowest BCUT2D eigenvalue weighted by Gasteiger charge is -2.10. The van der Waals surface area contributed by atoms with Gasteiger partial charge in [0.05, 0.1) is 0 Å². The fraction of sp³-hybridized carbons (Fsp3) is 0.571. The Morgan fingerprint density at radius 1 is 1.85 bits per heavy atom. The summed E-state index contributed by atoms with van der Waals surface area (Å²) in [7, 11) is 0. The Morgan fingerprint density at radius 2 is 2.62 bits per heavy atom. The van der Waals surface area contributed by atoms with Gasteiger partial charge in [-0.25, -0.2) is 0 Å². The second-order valence-corrected chi connectivity index (χ2v) is 3.29. The van der Waals surface area contributed by atoms with Crippen molar-refractivity contribution in [3.63, 3.8) is 0 Å². The summed E-state index contributed by atoms with van der Waals surface area (Å²) < 4.78 is 3.58. The molecular formula is C7H11N3O2S. The third-order valence-corrected chi connectivity index (χ3v) is 2.04. The molecule has 1 rings (SSSR count). The van der Waals surface area contributed by atoms with E-state index in [1.165, 1.54) is 0 Å². The molecule has 0 radical (unpaired) electrons. The Bertz CT molecular complexity index is 263. The molecule has 0 fully saturated rings. The molecule has 72 valence electrons. The van der Waals surface area contributed by atoms with Crippen LogP contribution in [0.5, 0.6) is 0 Å². The summed E-state index contributed by atoms with van der Waals surface area (Å²) in [5.74, 6) is -0.241. The Labute approximate surface area is 80.0 Å². The largest absolute Gasteiger partial charge is 0.396 e. The summed E-state index contributed by atoms with van der Waals surface area (Å²) >= 11 is 1.14. The summed E-state index contributed by atoms with van der Waals surface area (Å²) in [6, 6.07) is -0.0424. The first-order valence-electron chi connectivity index (χ1n) is 3.93. The summed E-state index contributed by atoms with van der Waals surface area (Å²) in [6.07, 6.45) is 0.545. The van der Waals surface area contributed by atoms with Crippen molar-refractivity contribution in [3.05, 3.63) is 11.1 Å². The number of aromatic nitrogens is 2. The Hall–Kier alpha value is -1.01. The zero-order chi connectivity index (χ0) is 9.68. The SMILES string of the molecule is CC(CCO)NC(=O)c1csnn1. The smallest absolute Gasteiger partial charge is 0.272 e. The van der Waals surface area contributed by atoms with E-state index in [-0.39, 0.29) is 18.6 Å².